The Morgan fingerprint density at radius 3 is 1.97 bits per heavy atom. The second-order valence-electron chi connectivity index (χ2n) is 14.7. The highest BCUT2D eigenvalue weighted by Gasteiger charge is 2.57. The van der Waals surface area contributed by atoms with E-state index in [-0.39, 0.29) is 41.2 Å². The monoisotopic (exact) mass is 604 g/mol. The molecule has 0 aromatic heterocycles. The van der Waals surface area contributed by atoms with E-state index in [1.807, 2.05) is 0 Å². The molecule has 38 heavy (non-hydrogen) atoms. The first-order valence-corrected chi connectivity index (χ1v) is 15.7. The Morgan fingerprint density at radius 2 is 1.34 bits per heavy atom. The van der Waals surface area contributed by atoms with Gasteiger partial charge in [-0.1, -0.05) is 15.9 Å². The van der Waals surface area contributed by atoms with Crippen molar-refractivity contribution in [1.82, 2.24) is 0 Å². The number of rotatable bonds is 7. The number of ether oxygens (including phenoxy) is 4. The van der Waals surface area contributed by atoms with Gasteiger partial charge in [0.1, 0.15) is 0 Å². The molecule has 4 aliphatic rings. The molecule has 0 spiro atoms. The fourth-order valence-corrected chi connectivity index (χ4v) is 7.57. The van der Waals surface area contributed by atoms with E-state index in [4.69, 9.17) is 18.9 Å². The van der Waals surface area contributed by atoms with Gasteiger partial charge in [0, 0.05) is 4.83 Å². The Bertz CT molecular complexity index is 843. The van der Waals surface area contributed by atoms with Crippen LogP contribution in [0.4, 0.5) is 0 Å². The van der Waals surface area contributed by atoms with Crippen LogP contribution in [-0.4, -0.2) is 84.3 Å². The number of hydrogen-bond acceptors (Lipinski definition) is 7. The lowest BCUT2D eigenvalue weighted by Gasteiger charge is -2.56. The van der Waals surface area contributed by atoms with E-state index < -0.39 is 22.9 Å². The predicted octanol–water partition coefficient (Wildman–Crippen LogP) is 5.18. The maximum Gasteiger partial charge on any atom is 0.0923 e. The molecule has 0 bridgehead atoms. The fraction of sp³-hybridized carbons (Fsp3) is 1.00. The minimum Gasteiger partial charge on any atom is -0.390 e. The van der Waals surface area contributed by atoms with Crippen molar-refractivity contribution in [3.05, 3.63) is 0 Å². The maximum atomic E-state index is 11.2. The highest BCUT2D eigenvalue weighted by atomic mass is 79.9. The molecule has 0 saturated carbocycles. The highest BCUT2D eigenvalue weighted by molar-refractivity contribution is 9.09. The zero-order chi connectivity index (χ0) is 28.4. The Labute approximate surface area is 238 Å². The fourth-order valence-electron chi connectivity index (χ4n) is 7.24. The molecule has 0 aliphatic carbocycles. The van der Waals surface area contributed by atoms with Gasteiger partial charge < -0.3 is 34.3 Å². The van der Waals surface area contributed by atoms with Crippen LogP contribution in [0.25, 0.3) is 0 Å². The van der Waals surface area contributed by atoms with E-state index in [9.17, 15) is 15.3 Å². The molecule has 0 aromatic rings. The van der Waals surface area contributed by atoms with E-state index >= 15 is 0 Å². The van der Waals surface area contributed by atoms with Gasteiger partial charge >= 0.3 is 0 Å². The van der Waals surface area contributed by atoms with Gasteiger partial charge in [-0.15, -0.1) is 0 Å². The summed E-state index contributed by atoms with van der Waals surface area (Å²) < 4.78 is 26.8. The van der Waals surface area contributed by atoms with Crippen LogP contribution in [-0.2, 0) is 18.9 Å². The molecule has 4 saturated heterocycles. The first kappa shape index (κ1) is 31.1. The van der Waals surface area contributed by atoms with E-state index in [1.165, 1.54) is 0 Å². The molecular formula is C30H53BrO7. The Hall–Kier alpha value is 0.200. The van der Waals surface area contributed by atoms with Crippen LogP contribution in [0.5, 0.6) is 0 Å². The molecular weight excluding hydrogens is 552 g/mol. The molecule has 0 amide bonds. The van der Waals surface area contributed by atoms with Crippen LogP contribution in [0.2, 0.25) is 0 Å². The van der Waals surface area contributed by atoms with Gasteiger partial charge in [-0.05, 0) is 120 Å². The normalized spacial score (nSPS) is 46.3. The number of aliphatic hydroxyl groups excluding tert-OH is 1. The van der Waals surface area contributed by atoms with Crippen molar-refractivity contribution in [1.29, 1.82) is 0 Å². The van der Waals surface area contributed by atoms with Crippen molar-refractivity contribution in [2.75, 3.05) is 0 Å². The quantitative estimate of drug-likeness (QED) is 0.344. The maximum absolute atomic E-state index is 11.2. The number of alkyl halides is 1. The second kappa shape index (κ2) is 10.5. The second-order valence-corrected chi connectivity index (χ2v) is 15.8. The van der Waals surface area contributed by atoms with Crippen LogP contribution >= 0.6 is 15.9 Å². The van der Waals surface area contributed by atoms with Gasteiger partial charge in [-0.2, -0.15) is 0 Å². The summed E-state index contributed by atoms with van der Waals surface area (Å²) in [5.41, 5.74) is -3.68. The van der Waals surface area contributed by atoms with E-state index in [1.54, 1.807) is 20.8 Å². The van der Waals surface area contributed by atoms with Crippen LogP contribution in [0.15, 0.2) is 0 Å². The number of halogens is 1. The van der Waals surface area contributed by atoms with Crippen molar-refractivity contribution in [2.45, 2.75) is 189 Å². The lowest BCUT2D eigenvalue weighted by molar-refractivity contribution is -0.304. The average Bonchev–Trinajstić information content (AvgIpc) is 3.22. The van der Waals surface area contributed by atoms with Crippen molar-refractivity contribution in [3.63, 3.8) is 0 Å². The molecule has 4 fully saturated rings. The van der Waals surface area contributed by atoms with Gasteiger partial charge in [0.2, 0.25) is 0 Å². The summed E-state index contributed by atoms with van der Waals surface area (Å²) in [5.74, 6) is 0. The number of fused-ring (bicyclic) bond motifs is 1. The van der Waals surface area contributed by atoms with Crippen molar-refractivity contribution < 1.29 is 34.3 Å². The van der Waals surface area contributed by atoms with Crippen molar-refractivity contribution in [2.24, 2.45) is 0 Å². The Balaban J connectivity index is 1.36. The lowest BCUT2D eigenvalue weighted by atomic mass is 9.75. The first-order chi connectivity index (χ1) is 17.3. The Morgan fingerprint density at radius 1 is 0.789 bits per heavy atom. The summed E-state index contributed by atoms with van der Waals surface area (Å²) in [4.78, 5) is 0.346. The van der Waals surface area contributed by atoms with Crippen LogP contribution < -0.4 is 0 Å². The topological polar surface area (TPSA) is 97.6 Å². The molecule has 8 heteroatoms. The molecule has 4 heterocycles. The van der Waals surface area contributed by atoms with Crippen LogP contribution in [0.1, 0.15) is 120 Å². The van der Waals surface area contributed by atoms with Gasteiger partial charge in [-0.25, -0.2) is 0 Å². The van der Waals surface area contributed by atoms with Gasteiger partial charge in [-0.3, -0.25) is 0 Å². The third kappa shape index (κ3) is 6.18. The molecule has 10 atom stereocenters. The zero-order valence-corrected chi connectivity index (χ0v) is 26.5. The highest BCUT2D eigenvalue weighted by Crippen LogP contribution is 2.50. The summed E-state index contributed by atoms with van der Waals surface area (Å²) >= 11 is 3.80. The van der Waals surface area contributed by atoms with E-state index in [0.717, 1.165) is 51.4 Å². The van der Waals surface area contributed by atoms with Crippen molar-refractivity contribution >= 4 is 15.9 Å². The molecule has 4 rings (SSSR count). The molecule has 222 valence electrons. The Kier molecular flexibility index (Phi) is 8.59. The third-order valence-electron chi connectivity index (χ3n) is 10.3. The molecule has 0 unspecified atom stereocenters. The minimum absolute atomic E-state index is 0.0231. The summed E-state index contributed by atoms with van der Waals surface area (Å²) in [6.07, 6.45) is 6.61. The summed E-state index contributed by atoms with van der Waals surface area (Å²) in [6, 6.07) is 0. The lowest BCUT2D eigenvalue weighted by Crippen LogP contribution is -2.63. The number of hydrogen-bond donors (Lipinski definition) is 3. The number of aliphatic hydroxyl groups is 3. The molecule has 7 nitrogen and oxygen atoms in total. The van der Waals surface area contributed by atoms with Crippen LogP contribution in [0.3, 0.4) is 0 Å². The summed E-state index contributed by atoms with van der Waals surface area (Å²) in [5, 5.41) is 31.5. The summed E-state index contributed by atoms with van der Waals surface area (Å²) in [6.45, 7) is 15.8. The standard InChI is InChI=1S/C30H53BrO7/c1-25(2,33)20(32)12-15-27(5,34)21-13-17-29(7,36-21)24-10-9-22-28(6,37-24)18-14-23(35-22)30(8)16-11-19(31)26(3,4)38-30/h19-24,32-34H,9-18H2,1-8H3/t19-,20-,21+,22-,23-,24-,27-,28+,29-,30+/m1/s1. The van der Waals surface area contributed by atoms with Gasteiger partial charge in [0.15, 0.2) is 0 Å². The largest absolute Gasteiger partial charge is 0.390 e. The summed E-state index contributed by atoms with van der Waals surface area (Å²) in [7, 11) is 0. The zero-order valence-electron chi connectivity index (χ0n) is 24.9. The van der Waals surface area contributed by atoms with Gasteiger partial charge in [0.05, 0.1) is 64.1 Å². The SMILES string of the molecule is CC(C)(O)[C@H](O)CC[C@@](C)(O)[C@@H]1CC[C@](C)([C@H]2CC[C@H]3O[C@@H]([C@]4(C)CC[C@@H](Br)C(C)(C)O4)CC[C@]3(C)O2)O1. The minimum atomic E-state index is -1.20. The van der Waals surface area contributed by atoms with E-state index in [0.29, 0.717) is 17.7 Å². The van der Waals surface area contributed by atoms with Crippen molar-refractivity contribution in [3.8, 4) is 0 Å². The van der Waals surface area contributed by atoms with E-state index in [2.05, 4.69) is 50.5 Å². The molecule has 0 aromatic carbocycles. The smallest absolute Gasteiger partial charge is 0.0923 e. The first-order valence-electron chi connectivity index (χ1n) is 14.8. The van der Waals surface area contributed by atoms with Crippen LogP contribution in [0, 0.1) is 0 Å². The average molecular weight is 606 g/mol. The van der Waals surface area contributed by atoms with Gasteiger partial charge in [0.25, 0.3) is 0 Å². The molecule has 4 aliphatic heterocycles. The molecule has 3 N–H and O–H groups in total. The molecule has 0 radical (unpaired) electrons. The predicted molar refractivity (Wildman–Crippen MR) is 151 cm³/mol. The third-order valence-corrected chi connectivity index (χ3v) is 11.8.